The Labute approximate surface area is 135 Å². The molecule has 3 rings (SSSR count). The Morgan fingerprint density at radius 2 is 2.00 bits per heavy atom. The van der Waals surface area contributed by atoms with Gasteiger partial charge in [-0.25, -0.2) is 0 Å². The van der Waals surface area contributed by atoms with Gasteiger partial charge in [-0.05, 0) is 58.3 Å². The summed E-state index contributed by atoms with van der Waals surface area (Å²) in [6, 6.07) is 0. The van der Waals surface area contributed by atoms with Crippen LogP contribution in [0.5, 0.6) is 0 Å². The molecule has 0 aromatic heterocycles. The van der Waals surface area contributed by atoms with E-state index in [9.17, 15) is 5.11 Å². The number of hydrogen-bond acceptors (Lipinski definition) is 2. The third kappa shape index (κ3) is 2.69. The van der Waals surface area contributed by atoms with Crippen LogP contribution in [0, 0.1) is 23.7 Å². The molecular weight excluding hydrogens is 272 g/mol. The summed E-state index contributed by atoms with van der Waals surface area (Å²) in [7, 11) is 0. The normalized spacial score (nSPS) is 47.9. The van der Waals surface area contributed by atoms with Crippen molar-refractivity contribution in [2.75, 3.05) is 0 Å². The minimum atomic E-state index is -0.719. The maximum Gasteiger partial charge on any atom is 0.0901 e. The van der Waals surface area contributed by atoms with Crippen LogP contribution in [0.4, 0.5) is 0 Å². The summed E-state index contributed by atoms with van der Waals surface area (Å²) in [6.07, 6.45) is 8.89. The molecule has 124 valence electrons. The minimum absolute atomic E-state index is 0.0159. The molecule has 0 aromatic rings. The van der Waals surface area contributed by atoms with E-state index in [4.69, 9.17) is 4.74 Å². The van der Waals surface area contributed by atoms with Gasteiger partial charge in [-0.1, -0.05) is 37.1 Å². The molecule has 2 aliphatic heterocycles. The van der Waals surface area contributed by atoms with E-state index in [0.29, 0.717) is 23.7 Å². The first-order valence-corrected chi connectivity index (χ1v) is 9.01. The Bertz CT molecular complexity index is 486. The highest BCUT2D eigenvalue weighted by molar-refractivity contribution is 5.21. The van der Waals surface area contributed by atoms with Crippen LogP contribution in [-0.4, -0.2) is 22.9 Å². The Morgan fingerprint density at radius 1 is 1.27 bits per heavy atom. The van der Waals surface area contributed by atoms with E-state index in [1.807, 2.05) is 6.92 Å². The second-order valence-corrected chi connectivity index (χ2v) is 8.44. The van der Waals surface area contributed by atoms with E-state index in [2.05, 4.69) is 39.8 Å². The Hall–Kier alpha value is -0.600. The van der Waals surface area contributed by atoms with E-state index in [1.54, 1.807) is 0 Å². The first-order chi connectivity index (χ1) is 10.3. The van der Waals surface area contributed by atoms with Crippen molar-refractivity contribution in [1.82, 2.24) is 0 Å². The predicted octanol–water partition coefficient (Wildman–Crippen LogP) is 4.49. The number of aliphatic hydroxyl groups is 1. The van der Waals surface area contributed by atoms with Crippen molar-refractivity contribution in [1.29, 1.82) is 0 Å². The molecule has 2 nitrogen and oxygen atoms in total. The summed E-state index contributed by atoms with van der Waals surface area (Å²) in [5, 5.41) is 11.1. The van der Waals surface area contributed by atoms with Gasteiger partial charge in [0.25, 0.3) is 0 Å². The second kappa shape index (κ2) is 5.79. The number of hydrogen-bond donors (Lipinski definition) is 1. The molecule has 2 heteroatoms. The van der Waals surface area contributed by atoms with Crippen molar-refractivity contribution in [3.63, 3.8) is 0 Å². The second-order valence-electron chi connectivity index (χ2n) is 8.44. The van der Waals surface area contributed by atoms with Crippen LogP contribution < -0.4 is 0 Å². The van der Waals surface area contributed by atoms with Crippen LogP contribution in [-0.2, 0) is 4.74 Å². The average molecular weight is 304 g/mol. The van der Waals surface area contributed by atoms with E-state index >= 15 is 0 Å². The summed E-state index contributed by atoms with van der Waals surface area (Å²) in [5.74, 6) is 2.21. The molecule has 1 N–H and O–H groups in total. The fourth-order valence-corrected chi connectivity index (χ4v) is 5.11. The van der Waals surface area contributed by atoms with Crippen LogP contribution >= 0.6 is 0 Å². The van der Waals surface area contributed by atoms with Gasteiger partial charge in [0.05, 0.1) is 17.8 Å². The summed E-state index contributed by atoms with van der Waals surface area (Å²) in [4.78, 5) is 0. The molecule has 22 heavy (non-hydrogen) atoms. The van der Waals surface area contributed by atoms with Crippen LogP contribution in [0.3, 0.4) is 0 Å². The largest absolute Gasteiger partial charge is 0.387 e. The average Bonchev–Trinajstić information content (AvgIpc) is 2.80. The van der Waals surface area contributed by atoms with Crippen molar-refractivity contribution in [2.45, 2.75) is 78.1 Å². The highest BCUT2D eigenvalue weighted by Gasteiger charge is 2.55. The van der Waals surface area contributed by atoms with Gasteiger partial charge in [-0.3, -0.25) is 0 Å². The molecule has 1 saturated heterocycles. The molecule has 0 amide bonds. The lowest BCUT2D eigenvalue weighted by molar-refractivity contribution is -0.115. The number of rotatable bonds is 1. The molecule has 2 bridgehead atoms. The molecule has 3 aliphatic rings. The van der Waals surface area contributed by atoms with Gasteiger partial charge in [-0.15, -0.1) is 0 Å². The zero-order valence-electron chi connectivity index (χ0n) is 14.8. The Morgan fingerprint density at radius 3 is 2.68 bits per heavy atom. The molecule has 1 fully saturated rings. The maximum atomic E-state index is 11.1. The predicted molar refractivity (Wildman–Crippen MR) is 90.6 cm³/mol. The molecular formula is C20H32O2. The lowest BCUT2D eigenvalue weighted by atomic mass is 9.63. The van der Waals surface area contributed by atoms with Crippen molar-refractivity contribution in [3.8, 4) is 0 Å². The molecule has 6 atom stereocenters. The van der Waals surface area contributed by atoms with E-state index < -0.39 is 5.60 Å². The number of fused-ring (bicyclic) bond motifs is 5. The monoisotopic (exact) mass is 304 g/mol. The highest BCUT2D eigenvalue weighted by atomic mass is 16.5. The first-order valence-electron chi connectivity index (χ1n) is 9.01. The summed E-state index contributed by atoms with van der Waals surface area (Å²) >= 11 is 0. The number of allylic oxidation sites excluding steroid dienone is 2. The fourth-order valence-electron chi connectivity index (χ4n) is 5.11. The van der Waals surface area contributed by atoms with Crippen molar-refractivity contribution >= 4 is 0 Å². The summed E-state index contributed by atoms with van der Waals surface area (Å²) in [5.41, 5.74) is 2.18. The summed E-state index contributed by atoms with van der Waals surface area (Å²) in [6.45, 7) is 11.1. The van der Waals surface area contributed by atoms with Gasteiger partial charge in [0.1, 0.15) is 0 Å². The van der Waals surface area contributed by atoms with Crippen molar-refractivity contribution in [3.05, 3.63) is 23.3 Å². The van der Waals surface area contributed by atoms with E-state index in [0.717, 1.165) is 25.7 Å². The van der Waals surface area contributed by atoms with E-state index in [-0.39, 0.29) is 12.2 Å². The van der Waals surface area contributed by atoms with Gasteiger partial charge in [0.15, 0.2) is 0 Å². The molecule has 0 spiro atoms. The van der Waals surface area contributed by atoms with Gasteiger partial charge in [0.2, 0.25) is 0 Å². The molecule has 0 radical (unpaired) electrons. The molecule has 2 heterocycles. The summed E-state index contributed by atoms with van der Waals surface area (Å²) < 4.78 is 6.53. The highest BCUT2D eigenvalue weighted by Crippen LogP contribution is 2.53. The zero-order chi connectivity index (χ0) is 16.1. The smallest absolute Gasteiger partial charge is 0.0901 e. The van der Waals surface area contributed by atoms with Gasteiger partial charge >= 0.3 is 0 Å². The molecule has 0 unspecified atom stereocenters. The van der Waals surface area contributed by atoms with Crippen LogP contribution in [0.25, 0.3) is 0 Å². The third-order valence-electron chi connectivity index (χ3n) is 6.35. The Kier molecular flexibility index (Phi) is 4.28. The first kappa shape index (κ1) is 16.3. The quantitative estimate of drug-likeness (QED) is 0.723. The van der Waals surface area contributed by atoms with Gasteiger partial charge in [0, 0.05) is 11.8 Å². The van der Waals surface area contributed by atoms with E-state index in [1.165, 1.54) is 11.1 Å². The maximum absolute atomic E-state index is 11.1. The van der Waals surface area contributed by atoms with Gasteiger partial charge in [-0.2, -0.15) is 0 Å². The zero-order valence-corrected chi connectivity index (χ0v) is 14.8. The lowest BCUT2D eigenvalue weighted by Crippen LogP contribution is -2.47. The number of ether oxygens (including phenoxy) is 1. The standard InChI is InChI=1S/C20H32O2/c1-12(2)15-9-8-14(4)17-16-11-13(3)7-6-10-20(5,21)19(22-16)18(15)17/h7-8,12,15-19,21H,6,9-11H2,1-5H3/b13-7+/t15-,16-,17-,18-,19-,20-/m1/s1. The minimum Gasteiger partial charge on any atom is -0.387 e. The third-order valence-corrected chi connectivity index (χ3v) is 6.35. The van der Waals surface area contributed by atoms with Crippen LogP contribution in [0.1, 0.15) is 60.3 Å². The molecule has 0 aromatic carbocycles. The SMILES string of the molecule is CC1=CC[C@H](C(C)C)[C@@H]2[C@H]1[C@H]1C/C(C)=C/CC[C@@](C)(O)[C@@H]2O1. The lowest BCUT2D eigenvalue weighted by Gasteiger charge is -2.42. The van der Waals surface area contributed by atoms with Gasteiger partial charge < -0.3 is 9.84 Å². The Balaban J connectivity index is 2.03. The van der Waals surface area contributed by atoms with Crippen molar-refractivity contribution in [2.24, 2.45) is 23.7 Å². The van der Waals surface area contributed by atoms with Crippen LogP contribution in [0.15, 0.2) is 23.3 Å². The van der Waals surface area contributed by atoms with Crippen molar-refractivity contribution < 1.29 is 9.84 Å². The molecule has 1 aliphatic carbocycles. The molecule has 0 saturated carbocycles. The van der Waals surface area contributed by atoms with Crippen LogP contribution in [0.2, 0.25) is 0 Å². The fraction of sp³-hybridized carbons (Fsp3) is 0.800. The topological polar surface area (TPSA) is 29.5 Å².